The average molecular weight is 322 g/mol. The molecule has 0 aliphatic carbocycles. The molecule has 5 heteroatoms. The molecule has 0 unspecified atom stereocenters. The fourth-order valence-electron chi connectivity index (χ4n) is 2.58. The molecule has 0 saturated carbocycles. The zero-order valence-electron chi connectivity index (χ0n) is 13.7. The molecule has 5 nitrogen and oxygen atoms in total. The molecule has 0 bridgehead atoms. The molecule has 3 aromatic rings. The summed E-state index contributed by atoms with van der Waals surface area (Å²) < 4.78 is 6.71. The summed E-state index contributed by atoms with van der Waals surface area (Å²) in [7, 11) is 0. The molecule has 0 radical (unpaired) electrons. The Kier molecular flexibility index (Phi) is 4.42. The van der Waals surface area contributed by atoms with Gasteiger partial charge in [0.25, 0.3) is 5.56 Å². The number of carbonyl (C=O) groups excluding carboxylic acids is 1. The van der Waals surface area contributed by atoms with Gasteiger partial charge in [-0.3, -0.25) is 4.79 Å². The van der Waals surface area contributed by atoms with Crippen LogP contribution in [0.25, 0.3) is 10.8 Å². The highest BCUT2D eigenvalue weighted by atomic mass is 16.5. The normalized spacial score (nSPS) is 10.8. The van der Waals surface area contributed by atoms with Gasteiger partial charge in [-0.1, -0.05) is 42.5 Å². The predicted octanol–water partition coefficient (Wildman–Crippen LogP) is 3.08. The number of aryl methyl sites for hydroxylation is 2. The number of aromatic nitrogens is 2. The third-order valence-corrected chi connectivity index (χ3v) is 3.98. The van der Waals surface area contributed by atoms with E-state index in [0.29, 0.717) is 17.3 Å². The Morgan fingerprint density at radius 1 is 1.08 bits per heavy atom. The number of rotatable bonds is 4. The van der Waals surface area contributed by atoms with E-state index in [4.69, 9.17) is 4.74 Å². The van der Waals surface area contributed by atoms with E-state index in [-0.39, 0.29) is 17.9 Å². The van der Waals surface area contributed by atoms with Gasteiger partial charge >= 0.3 is 5.97 Å². The number of esters is 1. The standard InChI is InChI=1S/C19H18N2O3/c1-3-21-18(22)16-11-7-6-10-15(16)17(20-21)19(23)24-12-14-9-5-4-8-13(14)2/h4-11H,3,12H2,1-2H3. The highest BCUT2D eigenvalue weighted by molar-refractivity contribution is 6.02. The fourth-order valence-corrected chi connectivity index (χ4v) is 2.58. The van der Waals surface area contributed by atoms with Crippen LogP contribution in [0.1, 0.15) is 28.5 Å². The molecule has 1 heterocycles. The van der Waals surface area contributed by atoms with Crippen molar-refractivity contribution in [1.82, 2.24) is 9.78 Å². The summed E-state index contributed by atoms with van der Waals surface area (Å²) in [6.45, 7) is 4.34. The van der Waals surface area contributed by atoms with Crippen LogP contribution in [-0.4, -0.2) is 15.7 Å². The van der Waals surface area contributed by atoms with Crippen molar-refractivity contribution in [2.45, 2.75) is 27.0 Å². The van der Waals surface area contributed by atoms with Crippen molar-refractivity contribution in [2.75, 3.05) is 0 Å². The maximum atomic E-state index is 12.5. The van der Waals surface area contributed by atoms with Crippen LogP contribution >= 0.6 is 0 Å². The second kappa shape index (κ2) is 6.66. The molecule has 0 aliphatic heterocycles. The minimum atomic E-state index is -0.531. The van der Waals surface area contributed by atoms with Crippen LogP contribution in [0.4, 0.5) is 0 Å². The minimum absolute atomic E-state index is 0.167. The molecule has 0 amide bonds. The van der Waals surface area contributed by atoms with Gasteiger partial charge in [-0.15, -0.1) is 0 Å². The molecule has 0 atom stereocenters. The van der Waals surface area contributed by atoms with E-state index in [2.05, 4.69) is 5.10 Å². The molecule has 3 rings (SSSR count). The van der Waals surface area contributed by atoms with E-state index >= 15 is 0 Å². The van der Waals surface area contributed by atoms with Crippen LogP contribution in [-0.2, 0) is 17.9 Å². The molecule has 1 aromatic heterocycles. The maximum absolute atomic E-state index is 12.5. The van der Waals surface area contributed by atoms with Gasteiger partial charge < -0.3 is 4.74 Å². The number of nitrogens with zero attached hydrogens (tertiary/aromatic N) is 2. The molecule has 24 heavy (non-hydrogen) atoms. The Bertz CT molecular complexity index is 960. The van der Waals surface area contributed by atoms with Gasteiger partial charge in [-0.05, 0) is 31.0 Å². The smallest absolute Gasteiger partial charge is 0.359 e. The van der Waals surface area contributed by atoms with Crippen LogP contribution in [0.15, 0.2) is 53.3 Å². The topological polar surface area (TPSA) is 61.2 Å². The van der Waals surface area contributed by atoms with Crippen LogP contribution in [0.3, 0.4) is 0 Å². The third kappa shape index (κ3) is 2.93. The molecule has 0 aliphatic rings. The zero-order chi connectivity index (χ0) is 17.1. The van der Waals surface area contributed by atoms with Gasteiger partial charge in [0.15, 0.2) is 5.69 Å². The molecular weight excluding hydrogens is 304 g/mol. The zero-order valence-corrected chi connectivity index (χ0v) is 13.7. The van der Waals surface area contributed by atoms with Crippen molar-refractivity contribution in [3.63, 3.8) is 0 Å². The van der Waals surface area contributed by atoms with Crippen LogP contribution in [0, 0.1) is 6.92 Å². The van der Waals surface area contributed by atoms with Gasteiger partial charge in [0.05, 0.1) is 5.39 Å². The summed E-state index contributed by atoms with van der Waals surface area (Å²) in [6, 6.07) is 14.7. The molecule has 0 spiro atoms. The Labute approximate surface area is 139 Å². The summed E-state index contributed by atoms with van der Waals surface area (Å²) >= 11 is 0. The SMILES string of the molecule is CCn1nc(C(=O)OCc2ccccc2C)c2ccccc2c1=O. The summed E-state index contributed by atoms with van der Waals surface area (Å²) in [5.74, 6) is -0.531. The van der Waals surface area contributed by atoms with E-state index in [0.717, 1.165) is 11.1 Å². The maximum Gasteiger partial charge on any atom is 0.359 e. The van der Waals surface area contributed by atoms with Crippen molar-refractivity contribution in [3.05, 3.63) is 75.7 Å². The summed E-state index contributed by atoms with van der Waals surface area (Å²) in [5.41, 5.74) is 1.96. The summed E-state index contributed by atoms with van der Waals surface area (Å²) in [4.78, 5) is 24.8. The van der Waals surface area contributed by atoms with Crippen molar-refractivity contribution >= 4 is 16.7 Å². The first kappa shape index (κ1) is 15.9. The van der Waals surface area contributed by atoms with E-state index in [1.807, 2.05) is 38.1 Å². The molecule has 0 fully saturated rings. The lowest BCUT2D eigenvalue weighted by atomic mass is 10.1. The van der Waals surface area contributed by atoms with Crippen molar-refractivity contribution in [1.29, 1.82) is 0 Å². The summed E-state index contributed by atoms with van der Waals surface area (Å²) in [6.07, 6.45) is 0. The van der Waals surface area contributed by atoms with Crippen LogP contribution in [0.5, 0.6) is 0 Å². The van der Waals surface area contributed by atoms with E-state index < -0.39 is 5.97 Å². The van der Waals surface area contributed by atoms with Crippen molar-refractivity contribution < 1.29 is 9.53 Å². The number of hydrogen-bond acceptors (Lipinski definition) is 4. The largest absolute Gasteiger partial charge is 0.456 e. The third-order valence-electron chi connectivity index (χ3n) is 3.98. The Hall–Kier alpha value is -2.95. The first-order valence-electron chi connectivity index (χ1n) is 7.83. The van der Waals surface area contributed by atoms with Gasteiger partial charge in [-0.2, -0.15) is 5.10 Å². The Morgan fingerprint density at radius 2 is 1.75 bits per heavy atom. The number of hydrogen-bond donors (Lipinski definition) is 0. The molecule has 2 aromatic carbocycles. The monoisotopic (exact) mass is 322 g/mol. The quantitative estimate of drug-likeness (QED) is 0.693. The Balaban J connectivity index is 1.96. The number of benzene rings is 2. The molecular formula is C19H18N2O3. The summed E-state index contributed by atoms with van der Waals surface area (Å²) in [5, 5.41) is 5.17. The number of fused-ring (bicyclic) bond motifs is 1. The van der Waals surface area contributed by atoms with Crippen LogP contribution < -0.4 is 5.56 Å². The number of ether oxygens (including phenoxy) is 1. The predicted molar refractivity (Wildman–Crippen MR) is 92.0 cm³/mol. The van der Waals surface area contributed by atoms with Gasteiger partial charge in [0.1, 0.15) is 6.61 Å². The number of carbonyl (C=O) groups is 1. The van der Waals surface area contributed by atoms with E-state index in [1.165, 1.54) is 4.68 Å². The first-order chi connectivity index (χ1) is 11.6. The highest BCUT2D eigenvalue weighted by Crippen LogP contribution is 2.16. The van der Waals surface area contributed by atoms with Crippen molar-refractivity contribution in [3.8, 4) is 0 Å². The lowest BCUT2D eigenvalue weighted by molar-refractivity contribution is 0.0465. The fraction of sp³-hybridized carbons (Fsp3) is 0.211. The molecule has 0 N–H and O–H groups in total. The van der Waals surface area contributed by atoms with E-state index in [1.54, 1.807) is 24.3 Å². The molecule has 0 saturated heterocycles. The second-order valence-electron chi connectivity index (χ2n) is 5.52. The highest BCUT2D eigenvalue weighted by Gasteiger charge is 2.17. The lowest BCUT2D eigenvalue weighted by Crippen LogP contribution is -2.25. The van der Waals surface area contributed by atoms with Gasteiger partial charge in [0.2, 0.25) is 0 Å². The average Bonchev–Trinajstić information content (AvgIpc) is 2.61. The lowest BCUT2D eigenvalue weighted by Gasteiger charge is -2.10. The van der Waals surface area contributed by atoms with Crippen molar-refractivity contribution in [2.24, 2.45) is 0 Å². The van der Waals surface area contributed by atoms with Crippen LogP contribution in [0.2, 0.25) is 0 Å². The molecule has 122 valence electrons. The second-order valence-corrected chi connectivity index (χ2v) is 5.52. The van der Waals surface area contributed by atoms with Gasteiger partial charge in [-0.25, -0.2) is 9.48 Å². The van der Waals surface area contributed by atoms with E-state index in [9.17, 15) is 9.59 Å². The minimum Gasteiger partial charge on any atom is -0.456 e. The first-order valence-corrected chi connectivity index (χ1v) is 7.83. The van der Waals surface area contributed by atoms with Gasteiger partial charge in [0, 0.05) is 11.9 Å². The Morgan fingerprint density at radius 3 is 2.46 bits per heavy atom.